The predicted molar refractivity (Wildman–Crippen MR) is 73.1 cm³/mol. The molecule has 3 nitrogen and oxygen atoms in total. The fourth-order valence-corrected chi connectivity index (χ4v) is 2.78. The van der Waals surface area contributed by atoms with Gasteiger partial charge < -0.3 is 5.11 Å². The van der Waals surface area contributed by atoms with Crippen LogP contribution < -0.4 is 0 Å². The van der Waals surface area contributed by atoms with Crippen molar-refractivity contribution in [1.29, 1.82) is 0 Å². The molecule has 1 N–H and O–H groups in total. The third kappa shape index (κ3) is 5.38. The highest BCUT2D eigenvalue weighted by Gasteiger charge is 2.13. The topological polar surface area (TPSA) is 54.4 Å². The molecule has 0 aliphatic heterocycles. The summed E-state index contributed by atoms with van der Waals surface area (Å²) in [6, 6.07) is 5.23. The molecule has 1 rings (SSSR count). The molecule has 0 amide bonds. The molecule has 0 heterocycles. The van der Waals surface area contributed by atoms with Crippen molar-refractivity contribution < 1.29 is 13.5 Å². The maximum Gasteiger partial charge on any atom is 0.147 e. The second-order valence-electron chi connectivity index (χ2n) is 3.95. The van der Waals surface area contributed by atoms with Crippen LogP contribution in [0.25, 0.3) is 0 Å². The molecule has 0 aliphatic carbocycles. The van der Waals surface area contributed by atoms with Crippen molar-refractivity contribution in [2.75, 3.05) is 12.0 Å². The number of benzene rings is 1. The van der Waals surface area contributed by atoms with E-state index in [0.29, 0.717) is 23.4 Å². The van der Waals surface area contributed by atoms with E-state index in [0.717, 1.165) is 4.47 Å². The van der Waals surface area contributed by atoms with Gasteiger partial charge in [-0.15, -0.1) is 0 Å². The minimum atomic E-state index is -2.97. The number of halogens is 2. The van der Waals surface area contributed by atoms with Gasteiger partial charge in [0.1, 0.15) is 9.84 Å². The average Bonchev–Trinajstić information content (AvgIpc) is 2.19. The van der Waals surface area contributed by atoms with Crippen molar-refractivity contribution >= 4 is 37.4 Å². The first-order valence-corrected chi connectivity index (χ1v) is 8.33. The minimum Gasteiger partial charge on any atom is -0.388 e. The highest BCUT2D eigenvalue weighted by atomic mass is 79.9. The first-order valence-electron chi connectivity index (χ1n) is 5.10. The van der Waals surface area contributed by atoms with Crippen LogP contribution in [0.5, 0.6) is 0 Å². The van der Waals surface area contributed by atoms with Crippen LogP contribution in [0.1, 0.15) is 24.5 Å². The lowest BCUT2D eigenvalue weighted by Gasteiger charge is -2.12. The lowest BCUT2D eigenvalue weighted by molar-refractivity contribution is 0.167. The molecular weight excluding hydrogens is 328 g/mol. The molecule has 1 aromatic carbocycles. The van der Waals surface area contributed by atoms with Crippen LogP contribution in [0, 0.1) is 0 Å². The summed E-state index contributed by atoms with van der Waals surface area (Å²) in [4.78, 5) is 0. The summed E-state index contributed by atoms with van der Waals surface area (Å²) in [5, 5.41) is 10.4. The number of sulfone groups is 1. The molecular formula is C11H14BrClO3S. The highest BCUT2D eigenvalue weighted by molar-refractivity contribution is 9.10. The van der Waals surface area contributed by atoms with Gasteiger partial charge in [-0.1, -0.05) is 27.5 Å². The Labute approximate surface area is 115 Å². The SMILES string of the molecule is CS(=O)(=O)CCCC(O)c1cc(Br)ccc1Cl. The minimum absolute atomic E-state index is 0.0790. The average molecular weight is 342 g/mol. The first-order chi connectivity index (χ1) is 7.79. The van der Waals surface area contributed by atoms with Crippen LogP contribution in [0.3, 0.4) is 0 Å². The van der Waals surface area contributed by atoms with E-state index in [1.54, 1.807) is 18.2 Å². The van der Waals surface area contributed by atoms with Crippen molar-refractivity contribution in [1.82, 2.24) is 0 Å². The van der Waals surface area contributed by atoms with Gasteiger partial charge in [-0.3, -0.25) is 0 Å². The predicted octanol–water partition coefficient (Wildman–Crippen LogP) is 2.96. The van der Waals surface area contributed by atoms with Crippen LogP contribution >= 0.6 is 27.5 Å². The van der Waals surface area contributed by atoms with Crippen LogP contribution in [0.4, 0.5) is 0 Å². The normalized spacial score (nSPS) is 13.6. The third-order valence-electron chi connectivity index (χ3n) is 2.31. The quantitative estimate of drug-likeness (QED) is 0.896. The van der Waals surface area contributed by atoms with Crippen molar-refractivity contribution in [3.05, 3.63) is 33.3 Å². The molecule has 0 aliphatic rings. The molecule has 1 atom stereocenters. The van der Waals surface area contributed by atoms with Crippen molar-refractivity contribution in [3.8, 4) is 0 Å². The molecule has 0 spiro atoms. The summed E-state index contributed by atoms with van der Waals surface area (Å²) in [5.41, 5.74) is 0.620. The van der Waals surface area contributed by atoms with Gasteiger partial charge in [0.2, 0.25) is 0 Å². The zero-order valence-electron chi connectivity index (χ0n) is 9.36. The molecule has 1 unspecified atom stereocenters. The van der Waals surface area contributed by atoms with E-state index in [2.05, 4.69) is 15.9 Å². The van der Waals surface area contributed by atoms with E-state index >= 15 is 0 Å². The summed E-state index contributed by atoms with van der Waals surface area (Å²) < 4.78 is 22.7. The molecule has 6 heteroatoms. The third-order valence-corrected chi connectivity index (χ3v) is 4.18. The van der Waals surface area contributed by atoms with E-state index in [1.807, 2.05) is 0 Å². The number of rotatable bonds is 5. The number of aliphatic hydroxyl groups is 1. The van der Waals surface area contributed by atoms with Gasteiger partial charge in [-0.25, -0.2) is 8.42 Å². The van der Waals surface area contributed by atoms with Gasteiger partial charge in [0, 0.05) is 27.1 Å². The Hall–Kier alpha value is -0.100. The fraction of sp³-hybridized carbons (Fsp3) is 0.455. The van der Waals surface area contributed by atoms with Crippen molar-refractivity contribution in [3.63, 3.8) is 0 Å². The Balaban J connectivity index is 2.64. The number of hydrogen-bond acceptors (Lipinski definition) is 3. The Morgan fingerprint density at radius 1 is 1.47 bits per heavy atom. The van der Waals surface area contributed by atoms with Gasteiger partial charge >= 0.3 is 0 Å². The van der Waals surface area contributed by atoms with Crippen LogP contribution in [-0.2, 0) is 9.84 Å². The summed E-state index contributed by atoms with van der Waals surface area (Å²) in [6.45, 7) is 0. The summed E-state index contributed by atoms with van der Waals surface area (Å²) in [5.74, 6) is 0.0790. The largest absolute Gasteiger partial charge is 0.388 e. The van der Waals surface area contributed by atoms with Crippen molar-refractivity contribution in [2.45, 2.75) is 18.9 Å². The number of aliphatic hydroxyl groups excluding tert-OH is 1. The monoisotopic (exact) mass is 340 g/mol. The molecule has 0 saturated heterocycles. The first kappa shape index (κ1) is 15.0. The molecule has 96 valence electrons. The molecule has 0 saturated carbocycles. The molecule has 0 bridgehead atoms. The van der Waals surface area contributed by atoms with E-state index in [9.17, 15) is 13.5 Å². The van der Waals surface area contributed by atoms with Crippen LogP contribution in [-0.4, -0.2) is 25.5 Å². The Morgan fingerprint density at radius 3 is 2.71 bits per heavy atom. The highest BCUT2D eigenvalue weighted by Crippen LogP contribution is 2.29. The number of hydrogen-bond donors (Lipinski definition) is 1. The van der Waals surface area contributed by atoms with Crippen molar-refractivity contribution in [2.24, 2.45) is 0 Å². The Morgan fingerprint density at radius 2 is 2.12 bits per heavy atom. The zero-order valence-corrected chi connectivity index (χ0v) is 12.5. The van der Waals surface area contributed by atoms with Gasteiger partial charge in [-0.05, 0) is 31.0 Å². The van der Waals surface area contributed by atoms with Gasteiger partial charge in [0.25, 0.3) is 0 Å². The van der Waals surface area contributed by atoms with E-state index in [4.69, 9.17) is 11.6 Å². The summed E-state index contributed by atoms with van der Waals surface area (Å²) in [6.07, 6.45) is 1.25. The van der Waals surface area contributed by atoms with E-state index in [-0.39, 0.29) is 5.75 Å². The van der Waals surface area contributed by atoms with E-state index < -0.39 is 15.9 Å². The van der Waals surface area contributed by atoms with Crippen LogP contribution in [0.15, 0.2) is 22.7 Å². The van der Waals surface area contributed by atoms with Gasteiger partial charge in [0.05, 0.1) is 6.10 Å². The second-order valence-corrected chi connectivity index (χ2v) is 7.54. The maximum absolute atomic E-state index is 11.0. The zero-order chi connectivity index (χ0) is 13.1. The van der Waals surface area contributed by atoms with Gasteiger partial charge in [-0.2, -0.15) is 0 Å². The lowest BCUT2D eigenvalue weighted by atomic mass is 10.1. The molecule has 0 radical (unpaired) electrons. The lowest BCUT2D eigenvalue weighted by Crippen LogP contribution is -2.06. The maximum atomic E-state index is 11.0. The second kappa shape index (κ2) is 6.18. The standard InChI is InChI=1S/C11H14BrClO3S/c1-17(15,16)6-2-3-11(14)9-7-8(12)4-5-10(9)13/h4-5,7,11,14H,2-3,6H2,1H3. The Bertz CT molecular complexity index is 487. The smallest absolute Gasteiger partial charge is 0.147 e. The Kier molecular flexibility index (Phi) is 5.44. The molecule has 1 aromatic rings. The molecule has 0 aromatic heterocycles. The van der Waals surface area contributed by atoms with Gasteiger partial charge in [0.15, 0.2) is 0 Å². The molecule has 0 fully saturated rings. The molecule has 17 heavy (non-hydrogen) atoms. The summed E-state index contributed by atoms with van der Waals surface area (Å²) >= 11 is 9.26. The van der Waals surface area contributed by atoms with E-state index in [1.165, 1.54) is 6.26 Å². The van der Waals surface area contributed by atoms with Crippen LogP contribution in [0.2, 0.25) is 5.02 Å². The summed E-state index contributed by atoms with van der Waals surface area (Å²) in [7, 11) is -2.97. The fourth-order valence-electron chi connectivity index (χ4n) is 1.46.